The first-order valence-corrected chi connectivity index (χ1v) is 15.2. The van der Waals surface area contributed by atoms with Gasteiger partial charge in [0, 0.05) is 30.2 Å². The third-order valence-corrected chi connectivity index (χ3v) is 10.4. The summed E-state index contributed by atoms with van der Waals surface area (Å²) >= 11 is 0. The van der Waals surface area contributed by atoms with E-state index >= 15 is 0 Å². The van der Waals surface area contributed by atoms with Gasteiger partial charge in [-0.1, -0.05) is 17.7 Å². The first-order valence-electron chi connectivity index (χ1n) is 13.8. The highest BCUT2D eigenvalue weighted by Crippen LogP contribution is 2.46. The van der Waals surface area contributed by atoms with Crippen molar-refractivity contribution in [1.29, 1.82) is 0 Å². The minimum atomic E-state index is -4.10. The second-order valence-corrected chi connectivity index (χ2v) is 13.1. The summed E-state index contributed by atoms with van der Waals surface area (Å²) in [6.45, 7) is 1.86. The molecule has 4 heterocycles. The molecule has 0 saturated heterocycles. The van der Waals surface area contributed by atoms with Gasteiger partial charge in [-0.25, -0.2) is 36.7 Å². The van der Waals surface area contributed by atoms with E-state index in [2.05, 4.69) is 15.3 Å². The molecule has 3 saturated carbocycles. The van der Waals surface area contributed by atoms with Crippen LogP contribution in [0, 0.1) is 30.5 Å². The van der Waals surface area contributed by atoms with E-state index in [1.165, 1.54) is 24.4 Å². The van der Waals surface area contributed by atoms with Crippen LogP contribution in [0.4, 0.5) is 10.2 Å². The van der Waals surface area contributed by atoms with Crippen LogP contribution in [-0.2, 0) is 21.9 Å². The zero-order chi connectivity index (χ0) is 29.3. The smallest absolute Gasteiger partial charge is 0.308 e. The molecule has 2 unspecified atom stereocenters. The van der Waals surface area contributed by atoms with Gasteiger partial charge in [-0.3, -0.25) is 4.79 Å². The predicted octanol–water partition coefficient (Wildman–Crippen LogP) is 4.37. The zero-order valence-electron chi connectivity index (χ0n) is 22.9. The normalized spacial score (nSPS) is 22.2. The number of benzene rings is 1. The number of aliphatic carboxylic acids is 1. The molecule has 0 spiro atoms. The van der Waals surface area contributed by atoms with E-state index in [1.807, 2.05) is 6.92 Å². The number of fused-ring (bicyclic) bond motifs is 5. The Hall–Kier alpha value is -4.39. The number of aromatic nitrogens is 6. The molecule has 2 N–H and O–H groups in total. The number of imidazole rings is 1. The standard InChI is InChI=1S/C29H28FN7O4S/c1-15-3-9-19(10-4-15)42(40,41)37-13-21(20-11-18(30)12-31-27(20)37)25-34-26(24-28(35-25)36(2)14-32-24)33-23-17-7-5-16(6-8-17)22(23)29(38)39/h3-4,9-14,16-17,22-23H,5-8H2,1-2H3,(H,38,39)(H,33,34,35). The van der Waals surface area contributed by atoms with E-state index in [9.17, 15) is 22.7 Å². The van der Waals surface area contributed by atoms with Gasteiger partial charge in [0.25, 0.3) is 10.0 Å². The molecule has 1 aromatic carbocycles. The Balaban J connectivity index is 1.40. The lowest BCUT2D eigenvalue weighted by atomic mass is 9.61. The van der Waals surface area contributed by atoms with Crippen LogP contribution < -0.4 is 5.32 Å². The predicted molar refractivity (Wildman–Crippen MR) is 153 cm³/mol. The zero-order valence-corrected chi connectivity index (χ0v) is 23.7. The third-order valence-electron chi connectivity index (χ3n) is 8.76. The Kier molecular flexibility index (Phi) is 6.05. The lowest BCUT2D eigenvalue weighted by molar-refractivity contribution is -0.148. The Bertz CT molecular complexity index is 1980. The highest BCUT2D eigenvalue weighted by atomic mass is 32.2. The molecular weight excluding hydrogens is 561 g/mol. The highest BCUT2D eigenvalue weighted by molar-refractivity contribution is 7.90. The SMILES string of the molecule is Cc1ccc(S(=O)(=O)n2cc(-c3nc(NC4C5CCC(CC5)C4C(=O)O)c4ncn(C)c4n3)c3cc(F)cnc32)cc1. The minimum absolute atomic E-state index is 0.0331. The van der Waals surface area contributed by atoms with Gasteiger partial charge in [0.15, 0.2) is 22.9 Å². The minimum Gasteiger partial charge on any atom is -0.481 e. The lowest BCUT2D eigenvalue weighted by Gasteiger charge is -2.47. The molecule has 2 atom stereocenters. The van der Waals surface area contributed by atoms with Crippen molar-refractivity contribution < 1.29 is 22.7 Å². The Morgan fingerprint density at radius 3 is 2.48 bits per heavy atom. The molecule has 13 heteroatoms. The highest BCUT2D eigenvalue weighted by Gasteiger charge is 2.47. The lowest BCUT2D eigenvalue weighted by Crippen LogP contribution is -2.51. The van der Waals surface area contributed by atoms with Crippen LogP contribution >= 0.6 is 0 Å². The molecule has 0 radical (unpaired) electrons. The number of carbonyl (C=O) groups is 1. The first kappa shape index (κ1) is 26.5. The fraction of sp³-hybridized carbons (Fsp3) is 0.345. The van der Waals surface area contributed by atoms with Crippen LogP contribution in [0.15, 0.2) is 53.9 Å². The molecule has 3 aliphatic carbocycles. The summed E-state index contributed by atoms with van der Waals surface area (Å²) in [6, 6.07) is 7.29. The number of nitrogens with one attached hydrogen (secondary N) is 1. The number of rotatable bonds is 6. The molecule has 3 aliphatic rings. The second-order valence-electron chi connectivity index (χ2n) is 11.3. The van der Waals surface area contributed by atoms with E-state index in [0.717, 1.165) is 41.4 Å². The van der Waals surface area contributed by atoms with Gasteiger partial charge in [-0.05, 0) is 62.6 Å². The number of carboxylic acid groups (broad SMARTS) is 1. The molecule has 11 nitrogen and oxygen atoms in total. The van der Waals surface area contributed by atoms with Crippen LogP contribution in [0.2, 0.25) is 0 Å². The van der Waals surface area contributed by atoms with Gasteiger partial charge < -0.3 is 15.0 Å². The quantitative estimate of drug-likeness (QED) is 0.295. The fourth-order valence-electron chi connectivity index (χ4n) is 6.64. The number of hydrogen-bond acceptors (Lipinski definition) is 8. The fourth-order valence-corrected chi connectivity index (χ4v) is 7.96. The summed E-state index contributed by atoms with van der Waals surface area (Å²) < 4.78 is 44.7. The monoisotopic (exact) mass is 589 g/mol. The molecule has 4 aromatic heterocycles. The molecule has 2 bridgehead atoms. The van der Waals surface area contributed by atoms with Crippen molar-refractivity contribution >= 4 is 44.0 Å². The number of pyridine rings is 1. The summed E-state index contributed by atoms with van der Waals surface area (Å²) in [7, 11) is -2.33. The van der Waals surface area contributed by atoms with Gasteiger partial charge in [0.05, 0.1) is 23.3 Å². The van der Waals surface area contributed by atoms with Crippen LogP contribution in [0.3, 0.4) is 0 Å². The summed E-state index contributed by atoms with van der Waals surface area (Å²) in [5, 5.41) is 13.7. The van der Waals surface area contributed by atoms with E-state index in [-0.39, 0.29) is 45.2 Å². The molecule has 42 heavy (non-hydrogen) atoms. The number of aryl methyl sites for hydroxylation is 2. The molecule has 3 fully saturated rings. The van der Waals surface area contributed by atoms with Crippen LogP contribution in [0.5, 0.6) is 0 Å². The molecular formula is C29H28FN7O4S. The van der Waals surface area contributed by atoms with Crippen LogP contribution in [-0.4, -0.2) is 54.0 Å². The third kappa shape index (κ3) is 4.13. The summed E-state index contributed by atoms with van der Waals surface area (Å²) in [6.07, 6.45) is 7.56. The molecule has 5 aromatic rings. The summed E-state index contributed by atoms with van der Waals surface area (Å²) in [4.78, 5) is 30.4. The van der Waals surface area contributed by atoms with E-state index in [1.54, 1.807) is 30.1 Å². The summed E-state index contributed by atoms with van der Waals surface area (Å²) in [5.74, 6) is -1.29. The second kappa shape index (κ2) is 9.58. The van der Waals surface area contributed by atoms with Crippen molar-refractivity contribution in [3.63, 3.8) is 0 Å². The van der Waals surface area contributed by atoms with E-state index < -0.39 is 27.7 Å². The maximum Gasteiger partial charge on any atom is 0.308 e. The maximum absolute atomic E-state index is 14.5. The van der Waals surface area contributed by atoms with Crippen LogP contribution in [0.1, 0.15) is 31.2 Å². The maximum atomic E-state index is 14.5. The van der Waals surface area contributed by atoms with Crippen molar-refractivity contribution in [1.82, 2.24) is 28.5 Å². The van der Waals surface area contributed by atoms with Crippen molar-refractivity contribution in [2.75, 3.05) is 5.32 Å². The first-order chi connectivity index (χ1) is 20.1. The number of hydrogen-bond donors (Lipinski definition) is 2. The van der Waals surface area contributed by atoms with Crippen LogP contribution in [0.25, 0.3) is 33.6 Å². The number of anilines is 1. The van der Waals surface area contributed by atoms with Gasteiger partial charge in [-0.15, -0.1) is 0 Å². The number of nitrogens with zero attached hydrogens (tertiary/aromatic N) is 6. The number of halogens is 1. The Morgan fingerprint density at radius 1 is 1.05 bits per heavy atom. The van der Waals surface area contributed by atoms with Gasteiger partial charge >= 0.3 is 5.97 Å². The Labute approximate surface area is 240 Å². The van der Waals surface area contributed by atoms with Gasteiger partial charge in [0.1, 0.15) is 11.3 Å². The number of carboxylic acids is 1. The van der Waals surface area contributed by atoms with Crippen molar-refractivity contribution in [3.05, 3.63) is 60.4 Å². The van der Waals surface area contributed by atoms with Crippen molar-refractivity contribution in [2.45, 2.75) is 43.5 Å². The van der Waals surface area contributed by atoms with Gasteiger partial charge in [0.2, 0.25) is 0 Å². The van der Waals surface area contributed by atoms with Crippen molar-refractivity contribution in [2.24, 2.45) is 24.8 Å². The molecule has 0 amide bonds. The van der Waals surface area contributed by atoms with E-state index in [0.29, 0.717) is 17.0 Å². The summed E-state index contributed by atoms with van der Waals surface area (Å²) in [5.41, 5.74) is 2.13. The van der Waals surface area contributed by atoms with Crippen molar-refractivity contribution in [3.8, 4) is 11.4 Å². The van der Waals surface area contributed by atoms with Gasteiger partial charge in [-0.2, -0.15) is 0 Å². The molecule has 216 valence electrons. The molecule has 8 rings (SSSR count). The average Bonchev–Trinajstić information content (AvgIpc) is 3.54. The topological polar surface area (TPSA) is 145 Å². The van der Waals surface area contributed by atoms with E-state index in [4.69, 9.17) is 9.97 Å². The largest absolute Gasteiger partial charge is 0.481 e. The molecule has 0 aliphatic heterocycles. The Morgan fingerprint density at radius 2 is 1.76 bits per heavy atom. The average molecular weight is 590 g/mol.